The van der Waals surface area contributed by atoms with Crippen molar-refractivity contribution >= 4 is 6.29 Å². The molecule has 0 radical (unpaired) electrons. The van der Waals surface area contributed by atoms with Crippen LogP contribution in [0, 0.1) is 0 Å². The lowest BCUT2D eigenvalue weighted by Crippen LogP contribution is -2.07. The number of aldehydes is 1. The van der Waals surface area contributed by atoms with Gasteiger partial charge in [-0.3, -0.25) is 4.79 Å². The molecule has 0 aliphatic heterocycles. The van der Waals surface area contributed by atoms with E-state index in [1.807, 2.05) is 38.4 Å². The van der Waals surface area contributed by atoms with Gasteiger partial charge >= 0.3 is 0 Å². The summed E-state index contributed by atoms with van der Waals surface area (Å²) in [7, 11) is 3.68. The zero-order chi connectivity index (χ0) is 12.8. The first-order valence-corrected chi connectivity index (χ1v) is 5.64. The summed E-state index contributed by atoms with van der Waals surface area (Å²) in [6.45, 7) is 4.28. The molecular weight excluding hydrogens is 214 g/mol. The molecule has 3 nitrogen and oxygen atoms in total. The van der Waals surface area contributed by atoms with Gasteiger partial charge in [-0.15, -0.1) is 0 Å². The predicted molar refractivity (Wildman–Crippen MR) is 69.0 cm³/mol. The van der Waals surface area contributed by atoms with Crippen LogP contribution in [-0.4, -0.2) is 25.3 Å². The van der Waals surface area contributed by atoms with Crippen LogP contribution in [0.2, 0.25) is 0 Å². The van der Waals surface area contributed by atoms with Gasteiger partial charge in [0, 0.05) is 20.3 Å². The normalized spacial score (nSPS) is 11.5. The summed E-state index contributed by atoms with van der Waals surface area (Å²) in [5.41, 5.74) is 1.25. The summed E-state index contributed by atoms with van der Waals surface area (Å²) in [5, 5.41) is 0. The van der Waals surface area contributed by atoms with E-state index in [1.165, 1.54) is 5.56 Å². The maximum atomic E-state index is 10.8. The van der Waals surface area contributed by atoms with Crippen molar-refractivity contribution in [2.24, 2.45) is 0 Å². The van der Waals surface area contributed by atoms with Crippen molar-refractivity contribution in [3.8, 4) is 5.75 Å². The minimum Gasteiger partial charge on any atom is -0.452 e. The Balaban J connectivity index is 2.77. The maximum absolute atomic E-state index is 10.8. The van der Waals surface area contributed by atoms with E-state index in [0.717, 1.165) is 0 Å². The molecule has 0 aliphatic carbocycles. The van der Waals surface area contributed by atoms with Crippen molar-refractivity contribution in [3.63, 3.8) is 0 Å². The maximum Gasteiger partial charge on any atom is 0.186 e. The van der Waals surface area contributed by atoms with E-state index in [0.29, 0.717) is 23.7 Å². The highest BCUT2D eigenvalue weighted by Crippen LogP contribution is 2.19. The summed E-state index contributed by atoms with van der Waals surface area (Å²) in [6.07, 6.45) is 2.35. The van der Waals surface area contributed by atoms with E-state index in [4.69, 9.17) is 4.74 Å². The van der Waals surface area contributed by atoms with Crippen molar-refractivity contribution in [2.45, 2.75) is 19.8 Å². The molecule has 0 N–H and O–H groups in total. The number of carbonyl (C=O) groups excluding carboxylic acids is 1. The van der Waals surface area contributed by atoms with Crippen LogP contribution in [0.5, 0.6) is 5.75 Å². The lowest BCUT2D eigenvalue weighted by atomic mass is 10.0. The monoisotopic (exact) mass is 233 g/mol. The van der Waals surface area contributed by atoms with E-state index in [2.05, 4.69) is 13.8 Å². The zero-order valence-corrected chi connectivity index (χ0v) is 10.8. The molecule has 0 bridgehead atoms. The SMILES string of the molecule is CC(C)c1ccc(O/C(C=O)=C\N(C)C)cc1. The second-order valence-electron chi connectivity index (χ2n) is 4.44. The highest BCUT2D eigenvalue weighted by Gasteiger charge is 2.02. The summed E-state index contributed by atoms with van der Waals surface area (Å²) >= 11 is 0. The Labute approximate surface area is 103 Å². The smallest absolute Gasteiger partial charge is 0.186 e. The van der Waals surface area contributed by atoms with Crippen molar-refractivity contribution in [3.05, 3.63) is 41.8 Å². The highest BCUT2D eigenvalue weighted by molar-refractivity contribution is 5.70. The number of benzene rings is 1. The molecule has 1 aromatic rings. The van der Waals surface area contributed by atoms with Gasteiger partial charge in [0.05, 0.1) is 0 Å². The number of rotatable bonds is 5. The predicted octanol–water partition coefficient (Wildman–Crippen LogP) is 2.79. The molecule has 17 heavy (non-hydrogen) atoms. The van der Waals surface area contributed by atoms with Crippen LogP contribution in [-0.2, 0) is 4.79 Å². The second kappa shape index (κ2) is 6.09. The molecule has 0 amide bonds. The lowest BCUT2D eigenvalue weighted by molar-refractivity contribution is -0.106. The second-order valence-corrected chi connectivity index (χ2v) is 4.44. The van der Waals surface area contributed by atoms with E-state index in [-0.39, 0.29) is 0 Å². The third-order valence-electron chi connectivity index (χ3n) is 2.28. The quantitative estimate of drug-likeness (QED) is 0.445. The van der Waals surface area contributed by atoms with Gasteiger partial charge in [-0.1, -0.05) is 26.0 Å². The lowest BCUT2D eigenvalue weighted by Gasteiger charge is -2.10. The largest absolute Gasteiger partial charge is 0.452 e. The molecule has 1 aromatic carbocycles. The van der Waals surface area contributed by atoms with Crippen molar-refractivity contribution in [1.82, 2.24) is 4.90 Å². The van der Waals surface area contributed by atoms with Gasteiger partial charge in [-0.2, -0.15) is 0 Å². The van der Waals surface area contributed by atoms with Gasteiger partial charge in [0.1, 0.15) is 5.75 Å². The van der Waals surface area contributed by atoms with Crippen molar-refractivity contribution < 1.29 is 9.53 Å². The summed E-state index contributed by atoms with van der Waals surface area (Å²) in [5.74, 6) is 1.47. The average Bonchev–Trinajstić information content (AvgIpc) is 2.28. The first kappa shape index (κ1) is 13.3. The van der Waals surface area contributed by atoms with Gasteiger partial charge < -0.3 is 9.64 Å². The fourth-order valence-electron chi connectivity index (χ4n) is 1.39. The summed E-state index contributed by atoms with van der Waals surface area (Å²) in [6, 6.07) is 7.78. The van der Waals surface area contributed by atoms with Crippen LogP contribution in [0.4, 0.5) is 0 Å². The number of allylic oxidation sites excluding steroid dienone is 1. The third kappa shape index (κ3) is 4.31. The van der Waals surface area contributed by atoms with Crippen LogP contribution in [0.3, 0.4) is 0 Å². The molecule has 0 spiro atoms. The fourth-order valence-corrected chi connectivity index (χ4v) is 1.39. The fraction of sp³-hybridized carbons (Fsp3) is 0.357. The van der Waals surface area contributed by atoms with E-state index < -0.39 is 0 Å². The van der Waals surface area contributed by atoms with Gasteiger partial charge in [0.2, 0.25) is 0 Å². The molecule has 0 saturated heterocycles. The summed E-state index contributed by atoms with van der Waals surface area (Å²) in [4.78, 5) is 12.6. The molecule has 0 heterocycles. The Morgan fingerprint density at radius 1 is 1.24 bits per heavy atom. The molecular formula is C14H19NO2. The molecule has 0 aliphatic rings. The first-order chi connectivity index (χ1) is 8.02. The molecule has 3 heteroatoms. The standard InChI is InChI=1S/C14H19NO2/c1-11(2)12-5-7-13(8-6-12)17-14(10-16)9-15(3)4/h5-11H,1-4H3/b14-9-. The summed E-state index contributed by atoms with van der Waals surface area (Å²) < 4.78 is 5.46. The number of hydrogen-bond acceptors (Lipinski definition) is 3. The number of nitrogens with zero attached hydrogens (tertiary/aromatic N) is 1. The highest BCUT2D eigenvalue weighted by atomic mass is 16.5. The molecule has 0 fully saturated rings. The van der Waals surface area contributed by atoms with Gasteiger partial charge in [0.25, 0.3) is 0 Å². The van der Waals surface area contributed by atoms with Crippen LogP contribution in [0.1, 0.15) is 25.3 Å². The van der Waals surface area contributed by atoms with Crippen molar-refractivity contribution in [1.29, 1.82) is 0 Å². The Bertz CT molecular complexity index is 391. The number of carbonyl (C=O) groups is 1. The van der Waals surface area contributed by atoms with Crippen LogP contribution in [0.25, 0.3) is 0 Å². The zero-order valence-electron chi connectivity index (χ0n) is 10.8. The Morgan fingerprint density at radius 3 is 2.24 bits per heavy atom. The third-order valence-corrected chi connectivity index (χ3v) is 2.28. The Morgan fingerprint density at radius 2 is 1.82 bits per heavy atom. The minimum atomic E-state index is 0.298. The number of ether oxygens (including phenoxy) is 1. The number of hydrogen-bond donors (Lipinski definition) is 0. The Hall–Kier alpha value is -1.77. The van der Waals surface area contributed by atoms with Crippen molar-refractivity contribution in [2.75, 3.05) is 14.1 Å². The van der Waals surface area contributed by atoms with Crippen LogP contribution >= 0.6 is 0 Å². The van der Waals surface area contributed by atoms with Gasteiger partial charge in [0.15, 0.2) is 12.0 Å². The Kier molecular flexibility index (Phi) is 4.76. The van der Waals surface area contributed by atoms with Crippen LogP contribution in [0.15, 0.2) is 36.2 Å². The molecule has 0 atom stereocenters. The first-order valence-electron chi connectivity index (χ1n) is 5.64. The average molecular weight is 233 g/mol. The topological polar surface area (TPSA) is 29.5 Å². The van der Waals surface area contributed by atoms with Gasteiger partial charge in [-0.05, 0) is 23.6 Å². The van der Waals surface area contributed by atoms with E-state index >= 15 is 0 Å². The molecule has 0 aromatic heterocycles. The molecule has 0 unspecified atom stereocenters. The van der Waals surface area contributed by atoms with E-state index in [9.17, 15) is 4.79 Å². The minimum absolute atomic E-state index is 0.298. The van der Waals surface area contributed by atoms with E-state index in [1.54, 1.807) is 11.1 Å². The molecule has 92 valence electrons. The van der Waals surface area contributed by atoms with Crippen LogP contribution < -0.4 is 4.74 Å². The molecule has 0 saturated carbocycles. The molecule has 1 rings (SSSR count). The van der Waals surface area contributed by atoms with Gasteiger partial charge in [-0.25, -0.2) is 0 Å².